The first kappa shape index (κ1) is 10.4. The molecule has 0 atom stereocenters. The molecule has 0 aromatic rings. The average molecular weight is 158 g/mol. The molecule has 0 saturated heterocycles. The Bertz CT molecular complexity index is 127. The van der Waals surface area contributed by atoms with Crippen molar-refractivity contribution in [1.29, 1.82) is 0 Å². The number of rotatable bonds is 3. The molecule has 2 N–H and O–H groups in total. The minimum absolute atomic E-state index is 0.104. The van der Waals surface area contributed by atoms with Crippen molar-refractivity contribution < 1.29 is 4.79 Å². The lowest BCUT2D eigenvalue weighted by atomic mass is 9.96. The Balaban J connectivity index is 3.54. The van der Waals surface area contributed by atoms with Crippen molar-refractivity contribution in [3.05, 3.63) is 0 Å². The highest BCUT2D eigenvalue weighted by molar-refractivity contribution is 5.81. The molecule has 0 aliphatic carbocycles. The SMILES string of the molecule is CNCCNC(=O)C(C)(C)C. The van der Waals surface area contributed by atoms with Crippen LogP contribution in [-0.2, 0) is 4.79 Å². The summed E-state index contributed by atoms with van der Waals surface area (Å²) in [4.78, 5) is 11.2. The van der Waals surface area contributed by atoms with Crippen molar-refractivity contribution in [2.75, 3.05) is 20.1 Å². The topological polar surface area (TPSA) is 41.1 Å². The number of likely N-dealkylation sites (N-methyl/N-ethyl adjacent to an activating group) is 1. The Kier molecular flexibility index (Phi) is 4.11. The quantitative estimate of drug-likeness (QED) is 0.583. The van der Waals surface area contributed by atoms with Gasteiger partial charge in [-0.05, 0) is 7.05 Å². The lowest BCUT2D eigenvalue weighted by molar-refractivity contribution is -0.128. The van der Waals surface area contributed by atoms with E-state index in [0.29, 0.717) is 6.54 Å². The van der Waals surface area contributed by atoms with E-state index in [2.05, 4.69) is 10.6 Å². The van der Waals surface area contributed by atoms with Gasteiger partial charge < -0.3 is 10.6 Å². The zero-order valence-corrected chi connectivity index (χ0v) is 7.82. The van der Waals surface area contributed by atoms with E-state index in [1.54, 1.807) is 0 Å². The Hall–Kier alpha value is -0.570. The number of nitrogens with one attached hydrogen (secondary N) is 2. The second kappa shape index (κ2) is 4.34. The number of carbonyl (C=O) groups excluding carboxylic acids is 1. The largest absolute Gasteiger partial charge is 0.354 e. The van der Waals surface area contributed by atoms with Crippen LogP contribution in [0.5, 0.6) is 0 Å². The third-order valence-electron chi connectivity index (χ3n) is 1.34. The third-order valence-corrected chi connectivity index (χ3v) is 1.34. The minimum Gasteiger partial charge on any atom is -0.354 e. The normalized spacial score (nSPS) is 11.3. The fourth-order valence-corrected chi connectivity index (χ4v) is 0.566. The molecule has 3 nitrogen and oxygen atoms in total. The van der Waals surface area contributed by atoms with Gasteiger partial charge >= 0.3 is 0 Å². The lowest BCUT2D eigenvalue weighted by Crippen LogP contribution is -2.38. The van der Waals surface area contributed by atoms with Crippen LogP contribution in [0.4, 0.5) is 0 Å². The second-order valence-electron chi connectivity index (χ2n) is 3.61. The first-order valence-electron chi connectivity index (χ1n) is 3.91. The van der Waals surface area contributed by atoms with E-state index < -0.39 is 0 Å². The van der Waals surface area contributed by atoms with Crippen LogP contribution in [0.2, 0.25) is 0 Å². The predicted octanol–water partition coefficient (Wildman–Crippen LogP) is 0.368. The van der Waals surface area contributed by atoms with Crippen molar-refractivity contribution in [1.82, 2.24) is 10.6 Å². The highest BCUT2D eigenvalue weighted by Gasteiger charge is 2.19. The fraction of sp³-hybridized carbons (Fsp3) is 0.875. The van der Waals surface area contributed by atoms with Gasteiger partial charge in [0.2, 0.25) is 5.91 Å². The molecule has 66 valence electrons. The van der Waals surface area contributed by atoms with Gasteiger partial charge in [-0.3, -0.25) is 4.79 Å². The number of hydrogen-bond acceptors (Lipinski definition) is 2. The summed E-state index contributed by atoms with van der Waals surface area (Å²) in [6, 6.07) is 0. The minimum atomic E-state index is -0.270. The van der Waals surface area contributed by atoms with Gasteiger partial charge in [-0.2, -0.15) is 0 Å². The smallest absolute Gasteiger partial charge is 0.225 e. The maximum absolute atomic E-state index is 11.2. The summed E-state index contributed by atoms with van der Waals surface area (Å²) in [5, 5.41) is 5.78. The molecular weight excluding hydrogens is 140 g/mol. The van der Waals surface area contributed by atoms with E-state index in [9.17, 15) is 4.79 Å². The first-order valence-corrected chi connectivity index (χ1v) is 3.91. The molecule has 0 spiro atoms. The molecule has 0 aliphatic rings. The molecule has 0 fully saturated rings. The molecule has 0 radical (unpaired) electrons. The molecule has 0 unspecified atom stereocenters. The molecule has 0 aliphatic heterocycles. The molecule has 11 heavy (non-hydrogen) atoms. The van der Waals surface area contributed by atoms with Gasteiger partial charge in [0.1, 0.15) is 0 Å². The van der Waals surface area contributed by atoms with Crippen molar-refractivity contribution in [2.45, 2.75) is 20.8 Å². The molecule has 0 rings (SSSR count). The highest BCUT2D eigenvalue weighted by atomic mass is 16.2. The standard InChI is InChI=1S/C8H18N2O/c1-8(2,3)7(11)10-6-5-9-4/h9H,5-6H2,1-4H3,(H,10,11). The zero-order chi connectivity index (χ0) is 8.91. The van der Waals surface area contributed by atoms with E-state index in [1.165, 1.54) is 0 Å². The number of amides is 1. The van der Waals surface area contributed by atoms with Gasteiger partial charge in [0, 0.05) is 18.5 Å². The fourth-order valence-electron chi connectivity index (χ4n) is 0.566. The van der Waals surface area contributed by atoms with Crippen LogP contribution in [0, 0.1) is 5.41 Å². The number of carbonyl (C=O) groups is 1. The van der Waals surface area contributed by atoms with E-state index >= 15 is 0 Å². The Morgan fingerprint density at radius 1 is 1.27 bits per heavy atom. The highest BCUT2D eigenvalue weighted by Crippen LogP contribution is 2.11. The summed E-state index contributed by atoms with van der Waals surface area (Å²) >= 11 is 0. The van der Waals surface area contributed by atoms with Crippen molar-refractivity contribution in [3.63, 3.8) is 0 Å². The van der Waals surface area contributed by atoms with E-state index in [0.717, 1.165) is 6.54 Å². The molecule has 0 aromatic heterocycles. The van der Waals surface area contributed by atoms with E-state index in [4.69, 9.17) is 0 Å². The van der Waals surface area contributed by atoms with Gasteiger partial charge in [0.15, 0.2) is 0 Å². The summed E-state index contributed by atoms with van der Waals surface area (Å²) in [5.74, 6) is 0.104. The maximum atomic E-state index is 11.2. The predicted molar refractivity (Wildman–Crippen MR) is 46.4 cm³/mol. The molecule has 0 heterocycles. The summed E-state index contributed by atoms with van der Waals surface area (Å²) in [6.45, 7) is 7.24. The van der Waals surface area contributed by atoms with Crippen LogP contribution in [0.1, 0.15) is 20.8 Å². The molecule has 0 bridgehead atoms. The van der Waals surface area contributed by atoms with Crippen molar-refractivity contribution >= 4 is 5.91 Å². The van der Waals surface area contributed by atoms with Crippen molar-refractivity contribution in [2.24, 2.45) is 5.41 Å². The van der Waals surface area contributed by atoms with Gasteiger partial charge in [0.05, 0.1) is 0 Å². The summed E-state index contributed by atoms with van der Waals surface area (Å²) in [7, 11) is 1.86. The lowest BCUT2D eigenvalue weighted by Gasteiger charge is -2.17. The van der Waals surface area contributed by atoms with Gasteiger partial charge in [0.25, 0.3) is 0 Å². The van der Waals surface area contributed by atoms with Crippen LogP contribution >= 0.6 is 0 Å². The Labute approximate surface area is 68.6 Å². The Morgan fingerprint density at radius 2 is 1.82 bits per heavy atom. The molecule has 1 amide bonds. The first-order chi connectivity index (χ1) is 4.98. The van der Waals surface area contributed by atoms with Gasteiger partial charge in [-0.15, -0.1) is 0 Å². The summed E-state index contributed by atoms with van der Waals surface area (Å²) < 4.78 is 0. The third kappa shape index (κ3) is 4.79. The monoisotopic (exact) mass is 158 g/mol. The van der Waals surface area contributed by atoms with Gasteiger partial charge in [-0.25, -0.2) is 0 Å². The molecule has 3 heteroatoms. The van der Waals surface area contributed by atoms with Gasteiger partial charge in [-0.1, -0.05) is 20.8 Å². The molecular formula is C8H18N2O. The van der Waals surface area contributed by atoms with Crippen LogP contribution in [0.15, 0.2) is 0 Å². The molecule has 0 saturated carbocycles. The summed E-state index contributed by atoms with van der Waals surface area (Å²) in [5.41, 5.74) is -0.270. The van der Waals surface area contributed by atoms with Crippen LogP contribution < -0.4 is 10.6 Å². The Morgan fingerprint density at radius 3 is 2.18 bits per heavy atom. The number of hydrogen-bond donors (Lipinski definition) is 2. The van der Waals surface area contributed by atoms with Crippen LogP contribution in [0.3, 0.4) is 0 Å². The van der Waals surface area contributed by atoms with Crippen molar-refractivity contribution in [3.8, 4) is 0 Å². The molecule has 0 aromatic carbocycles. The van der Waals surface area contributed by atoms with Crippen LogP contribution in [-0.4, -0.2) is 26.0 Å². The second-order valence-corrected chi connectivity index (χ2v) is 3.61. The van der Waals surface area contributed by atoms with E-state index in [-0.39, 0.29) is 11.3 Å². The zero-order valence-electron chi connectivity index (χ0n) is 7.82. The van der Waals surface area contributed by atoms with E-state index in [1.807, 2.05) is 27.8 Å². The summed E-state index contributed by atoms with van der Waals surface area (Å²) in [6.07, 6.45) is 0. The average Bonchev–Trinajstić information content (AvgIpc) is 1.86. The van der Waals surface area contributed by atoms with Crippen LogP contribution in [0.25, 0.3) is 0 Å². The maximum Gasteiger partial charge on any atom is 0.225 e.